The highest BCUT2D eigenvalue weighted by molar-refractivity contribution is 5.45. The minimum Gasteiger partial charge on any atom is -0.479 e. The lowest BCUT2D eigenvalue weighted by Gasteiger charge is -2.16. The van der Waals surface area contributed by atoms with Crippen LogP contribution < -0.4 is 10.1 Å². The maximum absolute atomic E-state index is 12.8. The third-order valence-electron chi connectivity index (χ3n) is 2.91. The lowest BCUT2D eigenvalue weighted by molar-refractivity contribution is 0.368. The molecule has 4 heteroatoms. The van der Waals surface area contributed by atoms with Crippen molar-refractivity contribution in [3.8, 4) is 11.8 Å². The van der Waals surface area contributed by atoms with Gasteiger partial charge in [-0.15, -0.1) is 0 Å². The molecule has 102 valence electrons. The molecule has 1 unspecified atom stereocenters. The summed E-state index contributed by atoms with van der Waals surface area (Å²) in [4.78, 5) is 0. The number of hydrogen-bond acceptors (Lipinski definition) is 3. The zero-order chi connectivity index (χ0) is 14.4. The van der Waals surface area contributed by atoms with Gasteiger partial charge in [0.05, 0.1) is 0 Å². The van der Waals surface area contributed by atoms with Crippen molar-refractivity contribution < 1.29 is 9.13 Å². The molecule has 0 spiro atoms. The van der Waals surface area contributed by atoms with E-state index >= 15 is 0 Å². The van der Waals surface area contributed by atoms with Crippen LogP contribution in [0.2, 0.25) is 0 Å². The van der Waals surface area contributed by atoms with Crippen LogP contribution in [-0.2, 0) is 0 Å². The van der Waals surface area contributed by atoms with Gasteiger partial charge in [-0.1, -0.05) is 12.1 Å². The van der Waals surface area contributed by atoms with Gasteiger partial charge < -0.3 is 10.1 Å². The Morgan fingerprint density at radius 1 is 1.15 bits per heavy atom. The Morgan fingerprint density at radius 3 is 2.40 bits per heavy atom. The molecule has 0 aliphatic rings. The molecule has 0 fully saturated rings. The van der Waals surface area contributed by atoms with E-state index in [-0.39, 0.29) is 18.5 Å². The average Bonchev–Trinajstić information content (AvgIpc) is 2.48. The summed E-state index contributed by atoms with van der Waals surface area (Å²) < 4.78 is 18.0. The monoisotopic (exact) mass is 270 g/mol. The highest BCUT2D eigenvalue weighted by atomic mass is 19.1. The first-order valence-corrected chi connectivity index (χ1v) is 6.31. The lowest BCUT2D eigenvalue weighted by atomic mass is 10.1. The average molecular weight is 270 g/mol. The number of rotatable bonds is 5. The van der Waals surface area contributed by atoms with Gasteiger partial charge in [0.2, 0.25) is 0 Å². The molecule has 0 radical (unpaired) electrons. The van der Waals surface area contributed by atoms with Crippen LogP contribution in [0.3, 0.4) is 0 Å². The minimum atomic E-state index is -0.248. The Hall–Kier alpha value is -2.54. The van der Waals surface area contributed by atoms with E-state index < -0.39 is 0 Å². The van der Waals surface area contributed by atoms with Crippen molar-refractivity contribution in [2.45, 2.75) is 13.0 Å². The standard InChI is InChI=1S/C16H15FN2O/c1-12(19-15-6-4-14(17)5-7-15)13-2-8-16(9-3-13)20-11-10-18/h2-9,12,19H,11H2,1H3. The van der Waals surface area contributed by atoms with Gasteiger partial charge in [-0.2, -0.15) is 5.26 Å². The number of nitriles is 1. The van der Waals surface area contributed by atoms with Crippen LogP contribution in [0.4, 0.5) is 10.1 Å². The van der Waals surface area contributed by atoms with Gasteiger partial charge in [-0.25, -0.2) is 4.39 Å². The van der Waals surface area contributed by atoms with Gasteiger partial charge in [0.1, 0.15) is 17.6 Å². The van der Waals surface area contributed by atoms with Crippen LogP contribution in [0.1, 0.15) is 18.5 Å². The third kappa shape index (κ3) is 3.72. The first-order valence-electron chi connectivity index (χ1n) is 6.31. The van der Waals surface area contributed by atoms with E-state index in [1.54, 1.807) is 12.1 Å². The predicted octanol–water partition coefficient (Wildman–Crippen LogP) is 3.90. The van der Waals surface area contributed by atoms with E-state index in [0.29, 0.717) is 5.75 Å². The highest BCUT2D eigenvalue weighted by Crippen LogP contribution is 2.21. The molecule has 0 bridgehead atoms. The second-order valence-corrected chi connectivity index (χ2v) is 4.39. The molecule has 0 saturated carbocycles. The maximum Gasteiger partial charge on any atom is 0.174 e. The summed E-state index contributed by atoms with van der Waals surface area (Å²) in [6.07, 6.45) is 0. The summed E-state index contributed by atoms with van der Waals surface area (Å²) in [5.41, 5.74) is 1.95. The molecule has 0 aliphatic heterocycles. The fraction of sp³-hybridized carbons (Fsp3) is 0.188. The van der Waals surface area contributed by atoms with E-state index in [9.17, 15) is 4.39 Å². The maximum atomic E-state index is 12.8. The van der Waals surface area contributed by atoms with Crippen LogP contribution in [-0.4, -0.2) is 6.61 Å². The Kier molecular flexibility index (Phi) is 4.56. The van der Waals surface area contributed by atoms with Crippen LogP contribution >= 0.6 is 0 Å². The molecule has 1 atom stereocenters. The summed E-state index contributed by atoms with van der Waals surface area (Å²) in [6, 6.07) is 15.8. The van der Waals surface area contributed by atoms with Crippen molar-refractivity contribution in [2.75, 3.05) is 11.9 Å². The molecule has 0 aromatic heterocycles. The summed E-state index contributed by atoms with van der Waals surface area (Å²) in [5, 5.41) is 11.7. The topological polar surface area (TPSA) is 45.0 Å². The fourth-order valence-electron chi connectivity index (χ4n) is 1.85. The number of nitrogens with one attached hydrogen (secondary N) is 1. The molecule has 0 heterocycles. The van der Waals surface area contributed by atoms with Crippen molar-refractivity contribution >= 4 is 5.69 Å². The van der Waals surface area contributed by atoms with Crippen LogP contribution in [0.5, 0.6) is 5.75 Å². The van der Waals surface area contributed by atoms with Gasteiger partial charge >= 0.3 is 0 Å². The van der Waals surface area contributed by atoms with Crippen LogP contribution in [0.25, 0.3) is 0 Å². The smallest absolute Gasteiger partial charge is 0.174 e. The van der Waals surface area contributed by atoms with E-state index in [2.05, 4.69) is 5.32 Å². The Labute approximate surface area is 117 Å². The predicted molar refractivity (Wildman–Crippen MR) is 76.0 cm³/mol. The molecular weight excluding hydrogens is 255 g/mol. The first kappa shape index (κ1) is 13.9. The first-order chi connectivity index (χ1) is 9.69. The molecule has 2 aromatic rings. The van der Waals surface area contributed by atoms with Gasteiger partial charge in [-0.05, 0) is 48.9 Å². The van der Waals surface area contributed by atoms with Crippen LogP contribution in [0.15, 0.2) is 48.5 Å². The summed E-state index contributed by atoms with van der Waals surface area (Å²) >= 11 is 0. The van der Waals surface area contributed by atoms with E-state index in [4.69, 9.17) is 10.00 Å². The number of halogens is 1. The second kappa shape index (κ2) is 6.58. The zero-order valence-corrected chi connectivity index (χ0v) is 11.1. The highest BCUT2D eigenvalue weighted by Gasteiger charge is 2.05. The summed E-state index contributed by atoms with van der Waals surface area (Å²) in [6.45, 7) is 2.07. The number of nitrogens with zero attached hydrogens (tertiary/aromatic N) is 1. The molecule has 0 saturated heterocycles. The molecule has 2 rings (SSSR count). The number of ether oxygens (including phenoxy) is 1. The Bertz CT molecular complexity index is 587. The molecule has 20 heavy (non-hydrogen) atoms. The van der Waals surface area contributed by atoms with Crippen molar-refractivity contribution in [3.05, 3.63) is 59.9 Å². The normalized spacial score (nSPS) is 11.4. The van der Waals surface area contributed by atoms with Crippen molar-refractivity contribution in [3.63, 3.8) is 0 Å². The molecule has 0 aliphatic carbocycles. The summed E-state index contributed by atoms with van der Waals surface area (Å²) in [7, 11) is 0. The van der Waals surface area contributed by atoms with Crippen molar-refractivity contribution in [2.24, 2.45) is 0 Å². The van der Waals surface area contributed by atoms with Crippen LogP contribution in [0, 0.1) is 17.1 Å². The largest absolute Gasteiger partial charge is 0.479 e. The van der Waals surface area contributed by atoms with Gasteiger partial charge in [-0.3, -0.25) is 0 Å². The second-order valence-electron chi connectivity index (χ2n) is 4.39. The summed E-state index contributed by atoms with van der Waals surface area (Å²) in [5.74, 6) is 0.423. The number of hydrogen-bond donors (Lipinski definition) is 1. The van der Waals surface area contributed by atoms with Gasteiger partial charge in [0.15, 0.2) is 6.61 Å². The third-order valence-corrected chi connectivity index (χ3v) is 2.91. The van der Waals surface area contributed by atoms with Crippen molar-refractivity contribution in [1.82, 2.24) is 0 Å². The SMILES string of the molecule is CC(Nc1ccc(F)cc1)c1ccc(OCC#N)cc1. The van der Waals surface area contributed by atoms with Crippen molar-refractivity contribution in [1.29, 1.82) is 5.26 Å². The van der Waals surface area contributed by atoms with E-state index in [1.807, 2.05) is 37.3 Å². The minimum absolute atomic E-state index is 0.0444. The quantitative estimate of drug-likeness (QED) is 0.896. The molecule has 0 amide bonds. The molecule has 1 N–H and O–H groups in total. The number of benzene rings is 2. The van der Waals surface area contributed by atoms with E-state index in [1.165, 1.54) is 12.1 Å². The Morgan fingerprint density at radius 2 is 1.80 bits per heavy atom. The van der Waals surface area contributed by atoms with E-state index in [0.717, 1.165) is 11.3 Å². The van der Waals surface area contributed by atoms with Gasteiger partial charge in [0.25, 0.3) is 0 Å². The lowest BCUT2D eigenvalue weighted by Crippen LogP contribution is -2.06. The van der Waals surface area contributed by atoms with Gasteiger partial charge in [0, 0.05) is 11.7 Å². The zero-order valence-electron chi connectivity index (χ0n) is 11.1. The fourth-order valence-corrected chi connectivity index (χ4v) is 1.85. The molecule has 2 aromatic carbocycles. The number of anilines is 1. The molecule has 3 nitrogen and oxygen atoms in total. The Balaban J connectivity index is 2.00. The molecular formula is C16H15FN2O.